The first kappa shape index (κ1) is 32.0. The molecule has 3 N–H and O–H groups in total. The minimum absolute atomic E-state index is 0.109. The maximum absolute atomic E-state index is 12.9. The number of methoxy groups -OCH3 is 1. The van der Waals surface area contributed by atoms with E-state index in [4.69, 9.17) is 31.5 Å². The number of aryl methyl sites for hydroxylation is 1. The van der Waals surface area contributed by atoms with Crippen LogP contribution in [0.4, 0.5) is 0 Å². The third-order valence-electron chi connectivity index (χ3n) is 5.58. The lowest BCUT2D eigenvalue weighted by molar-refractivity contribution is -0.139. The largest absolute Gasteiger partial charge is 0.744 e. The highest BCUT2D eigenvalue weighted by atomic mass is 35.5. The second-order valence-corrected chi connectivity index (χ2v) is 10.1. The monoisotopic (exact) mass is 579 g/mol. The van der Waals surface area contributed by atoms with Crippen molar-refractivity contribution >= 4 is 33.7 Å². The summed E-state index contributed by atoms with van der Waals surface area (Å²) in [6.45, 7) is 6.24. The average molecular weight is 580 g/mol. The van der Waals surface area contributed by atoms with E-state index in [0.717, 1.165) is 5.56 Å². The van der Waals surface area contributed by atoms with E-state index in [9.17, 15) is 22.6 Å². The van der Waals surface area contributed by atoms with Gasteiger partial charge in [-0.2, -0.15) is 0 Å². The molecule has 1 atom stereocenters. The van der Waals surface area contributed by atoms with Gasteiger partial charge in [-0.3, -0.25) is 0 Å². The van der Waals surface area contributed by atoms with E-state index in [2.05, 4.69) is 5.32 Å². The Bertz CT molecular complexity index is 1340. The lowest BCUT2D eigenvalue weighted by atomic mass is 9.80. The summed E-state index contributed by atoms with van der Waals surface area (Å²) in [6, 6.07) is 12.8. The number of hydrogen-bond donors (Lipinski definition) is 2. The first-order chi connectivity index (χ1) is 18.5. The molecular weight excluding hydrogens is 548 g/mol. The Morgan fingerprint density at radius 1 is 1.05 bits per heavy atom. The molecule has 39 heavy (non-hydrogen) atoms. The smallest absolute Gasteiger partial charge is 0.336 e. The molecule has 3 rings (SSSR count). The van der Waals surface area contributed by atoms with Gasteiger partial charge in [-0.15, -0.1) is 0 Å². The maximum Gasteiger partial charge on any atom is 0.336 e. The number of carbonyl (C=O) groups is 2. The summed E-state index contributed by atoms with van der Waals surface area (Å²) in [5.41, 5.74) is 8.63. The zero-order chi connectivity index (χ0) is 29.2. The van der Waals surface area contributed by atoms with Crippen molar-refractivity contribution in [3.8, 4) is 0 Å². The molecule has 12 heteroatoms. The van der Waals surface area contributed by atoms with Crippen molar-refractivity contribution in [1.82, 2.24) is 5.32 Å². The van der Waals surface area contributed by atoms with Crippen molar-refractivity contribution in [2.75, 3.05) is 33.5 Å². The highest BCUT2D eigenvalue weighted by Gasteiger charge is 2.39. The van der Waals surface area contributed by atoms with Gasteiger partial charge >= 0.3 is 11.9 Å². The fraction of sp³-hybridized carbons (Fsp3) is 0.333. The number of nitrogens with one attached hydrogen (secondary N) is 1. The van der Waals surface area contributed by atoms with Crippen molar-refractivity contribution in [3.63, 3.8) is 0 Å². The van der Waals surface area contributed by atoms with Gasteiger partial charge in [0.25, 0.3) is 0 Å². The molecule has 0 aromatic heterocycles. The van der Waals surface area contributed by atoms with E-state index in [1.807, 2.05) is 6.92 Å². The van der Waals surface area contributed by atoms with Gasteiger partial charge in [-0.25, -0.2) is 18.0 Å². The number of dihydropyridines is 1. The molecule has 0 amide bonds. The molecular formula is C27H32ClN2O8S-. The number of benzene rings is 2. The molecule has 10 nitrogen and oxygen atoms in total. The van der Waals surface area contributed by atoms with Crippen LogP contribution in [0.15, 0.2) is 76.0 Å². The molecule has 0 bridgehead atoms. The van der Waals surface area contributed by atoms with Gasteiger partial charge in [0.1, 0.15) is 10.1 Å². The number of hydrogen-bond acceptors (Lipinski definition) is 10. The van der Waals surface area contributed by atoms with Crippen molar-refractivity contribution in [1.29, 1.82) is 0 Å². The summed E-state index contributed by atoms with van der Waals surface area (Å²) < 4.78 is 46.9. The summed E-state index contributed by atoms with van der Waals surface area (Å²) >= 11 is 6.42. The average Bonchev–Trinajstić information content (AvgIpc) is 2.88. The number of ether oxygens (including phenoxy) is 3. The zero-order valence-electron chi connectivity index (χ0n) is 22.2. The molecule has 0 aliphatic carbocycles. The molecule has 1 aliphatic rings. The summed E-state index contributed by atoms with van der Waals surface area (Å²) in [5.74, 6) is -1.86. The summed E-state index contributed by atoms with van der Waals surface area (Å²) in [5, 5.41) is 3.52. The van der Waals surface area contributed by atoms with Gasteiger partial charge < -0.3 is 29.8 Å². The molecule has 0 radical (unpaired) electrons. The van der Waals surface area contributed by atoms with Gasteiger partial charge in [0.2, 0.25) is 0 Å². The molecule has 0 saturated carbocycles. The van der Waals surface area contributed by atoms with E-state index in [1.54, 1.807) is 50.2 Å². The Balaban J connectivity index is 0.000000404. The van der Waals surface area contributed by atoms with Crippen LogP contribution in [0.5, 0.6) is 0 Å². The highest BCUT2D eigenvalue weighted by Crippen LogP contribution is 2.41. The van der Waals surface area contributed by atoms with Crippen LogP contribution in [0.3, 0.4) is 0 Å². The zero-order valence-corrected chi connectivity index (χ0v) is 23.7. The lowest BCUT2D eigenvalue weighted by Crippen LogP contribution is -2.35. The number of halogens is 1. The van der Waals surface area contributed by atoms with E-state index in [1.165, 1.54) is 19.2 Å². The SMILES string of the molecule is CCOC(=O)C1=C(COCCN)NC(C)=C(C(=O)OC)C1c1ccccc1Cl.Cc1ccc(S(=O)(=O)[O-])cc1. The van der Waals surface area contributed by atoms with Gasteiger partial charge in [0.05, 0.1) is 54.6 Å². The first-order valence-corrected chi connectivity index (χ1v) is 13.8. The fourth-order valence-corrected chi connectivity index (χ4v) is 4.54. The number of rotatable bonds is 9. The van der Waals surface area contributed by atoms with Crippen LogP contribution in [-0.4, -0.2) is 58.4 Å². The lowest BCUT2D eigenvalue weighted by Gasteiger charge is -2.31. The number of nitrogens with two attached hydrogens (primary N) is 1. The van der Waals surface area contributed by atoms with Crippen LogP contribution < -0.4 is 11.1 Å². The molecule has 1 aliphatic heterocycles. The first-order valence-electron chi connectivity index (χ1n) is 12.0. The van der Waals surface area contributed by atoms with E-state index < -0.39 is 28.0 Å². The van der Waals surface area contributed by atoms with Crippen molar-refractivity contribution in [2.24, 2.45) is 5.73 Å². The van der Waals surface area contributed by atoms with Crippen LogP contribution in [-0.2, 0) is 33.9 Å². The van der Waals surface area contributed by atoms with Crippen molar-refractivity contribution < 1.29 is 36.8 Å². The fourth-order valence-electron chi connectivity index (χ4n) is 3.82. The summed E-state index contributed by atoms with van der Waals surface area (Å²) in [6.07, 6.45) is 0. The quantitative estimate of drug-likeness (QED) is 0.257. The molecule has 0 spiro atoms. The van der Waals surface area contributed by atoms with Gasteiger partial charge in [0, 0.05) is 17.3 Å². The van der Waals surface area contributed by atoms with Gasteiger partial charge in [-0.1, -0.05) is 47.5 Å². The van der Waals surface area contributed by atoms with E-state index >= 15 is 0 Å². The van der Waals surface area contributed by atoms with Gasteiger partial charge in [0.15, 0.2) is 0 Å². The van der Waals surface area contributed by atoms with E-state index in [-0.39, 0.29) is 23.7 Å². The predicted octanol–water partition coefficient (Wildman–Crippen LogP) is 3.17. The molecule has 1 heterocycles. The van der Waals surface area contributed by atoms with E-state index in [0.29, 0.717) is 40.7 Å². The number of allylic oxidation sites excluding steroid dienone is 1. The Morgan fingerprint density at radius 3 is 2.23 bits per heavy atom. The predicted molar refractivity (Wildman–Crippen MR) is 145 cm³/mol. The Morgan fingerprint density at radius 2 is 1.69 bits per heavy atom. The maximum atomic E-state index is 12.9. The van der Waals surface area contributed by atoms with Gasteiger partial charge in [-0.05, 0) is 44.5 Å². The molecule has 2 aromatic rings. The summed E-state index contributed by atoms with van der Waals surface area (Å²) in [4.78, 5) is 25.3. The normalized spacial score (nSPS) is 15.2. The second-order valence-electron chi connectivity index (χ2n) is 8.33. The minimum Gasteiger partial charge on any atom is -0.744 e. The van der Waals surface area contributed by atoms with Crippen molar-refractivity contribution in [2.45, 2.75) is 31.6 Å². The molecule has 1 unspecified atom stereocenters. The minimum atomic E-state index is -4.27. The third-order valence-corrected chi connectivity index (χ3v) is 6.77. The van der Waals surface area contributed by atoms with Crippen molar-refractivity contribution in [3.05, 3.63) is 87.2 Å². The third kappa shape index (κ3) is 8.64. The Labute approximate surface area is 233 Å². The Kier molecular flexibility index (Phi) is 12.1. The van der Waals surface area contributed by atoms with Crippen LogP contribution in [0.25, 0.3) is 0 Å². The topological polar surface area (TPSA) is 157 Å². The Hall–Kier alpha value is -3.22. The number of carbonyl (C=O) groups excluding carboxylic acids is 2. The van der Waals surface area contributed by atoms with Crippen LogP contribution >= 0.6 is 11.6 Å². The van der Waals surface area contributed by atoms with Crippen LogP contribution in [0, 0.1) is 6.92 Å². The van der Waals surface area contributed by atoms with Crippen LogP contribution in [0.1, 0.15) is 30.9 Å². The standard InChI is InChI=1S/C20H25ClN2O5.C7H8O3S/c1-4-28-20(25)18-15(11-27-10-9-22)23-12(2)16(19(24)26-3)17(18)13-7-5-6-8-14(13)21;1-6-2-4-7(5-3-6)11(8,9)10/h5-8,17,23H,4,9-11,22H2,1-3H3;2-5H,1H3,(H,8,9,10)/p-1. The molecule has 0 fully saturated rings. The highest BCUT2D eigenvalue weighted by molar-refractivity contribution is 7.85. The van der Waals surface area contributed by atoms with Crippen LogP contribution in [0.2, 0.25) is 5.02 Å². The molecule has 0 saturated heterocycles. The summed E-state index contributed by atoms with van der Waals surface area (Å²) in [7, 11) is -2.98. The molecule has 2 aromatic carbocycles. The second kappa shape index (κ2) is 14.8. The number of esters is 2. The molecule has 212 valence electrons.